The molecule has 6 nitrogen and oxygen atoms in total. The predicted molar refractivity (Wildman–Crippen MR) is 89.0 cm³/mol. The molecule has 1 aliphatic rings. The van der Waals surface area contributed by atoms with Crippen LogP contribution in [0.2, 0.25) is 0 Å². The van der Waals surface area contributed by atoms with Crippen LogP contribution in [0.5, 0.6) is 5.75 Å². The van der Waals surface area contributed by atoms with E-state index in [4.69, 9.17) is 4.74 Å². The van der Waals surface area contributed by atoms with E-state index in [-0.39, 0.29) is 18.6 Å². The summed E-state index contributed by atoms with van der Waals surface area (Å²) in [6.07, 6.45) is 2.72. The van der Waals surface area contributed by atoms with Crippen LogP contribution in [0.4, 0.5) is 0 Å². The van der Waals surface area contributed by atoms with Gasteiger partial charge in [-0.3, -0.25) is 4.79 Å². The van der Waals surface area contributed by atoms with Crippen molar-refractivity contribution in [2.75, 3.05) is 26.0 Å². The van der Waals surface area contributed by atoms with Gasteiger partial charge in [-0.15, -0.1) is 0 Å². The Kier molecular flexibility index (Phi) is 5.64. The number of sulfonamides is 1. The number of nitrogens with zero attached hydrogens (tertiary/aromatic N) is 1. The van der Waals surface area contributed by atoms with Gasteiger partial charge < -0.3 is 10.1 Å². The molecular weight excluding hydrogens is 316 g/mol. The number of amides is 1. The van der Waals surface area contributed by atoms with E-state index in [0.29, 0.717) is 18.8 Å². The fourth-order valence-electron chi connectivity index (χ4n) is 2.58. The van der Waals surface area contributed by atoms with Crippen LogP contribution in [0, 0.1) is 13.8 Å². The molecule has 0 spiro atoms. The highest BCUT2D eigenvalue weighted by Crippen LogP contribution is 2.16. The second-order valence-electron chi connectivity index (χ2n) is 6.06. The Morgan fingerprint density at radius 2 is 2.09 bits per heavy atom. The fraction of sp³-hybridized carbons (Fsp3) is 0.562. The maximum atomic E-state index is 12.0. The first-order valence-electron chi connectivity index (χ1n) is 7.70. The number of benzene rings is 1. The van der Waals surface area contributed by atoms with Gasteiger partial charge in [0.2, 0.25) is 10.0 Å². The zero-order valence-electron chi connectivity index (χ0n) is 13.8. The Morgan fingerprint density at radius 1 is 1.35 bits per heavy atom. The number of aryl methyl sites for hydroxylation is 2. The van der Waals surface area contributed by atoms with Gasteiger partial charge in [-0.1, -0.05) is 6.07 Å². The van der Waals surface area contributed by atoms with Crippen LogP contribution < -0.4 is 10.1 Å². The lowest BCUT2D eigenvalue weighted by Crippen LogP contribution is -2.50. The summed E-state index contributed by atoms with van der Waals surface area (Å²) in [5.74, 6) is 0.424. The van der Waals surface area contributed by atoms with Crippen LogP contribution in [0.25, 0.3) is 0 Å². The monoisotopic (exact) mass is 340 g/mol. The van der Waals surface area contributed by atoms with E-state index in [9.17, 15) is 13.2 Å². The Labute approximate surface area is 137 Å². The van der Waals surface area contributed by atoms with E-state index in [1.54, 1.807) is 0 Å². The molecule has 1 amide bonds. The van der Waals surface area contributed by atoms with Gasteiger partial charge in [0.25, 0.3) is 5.91 Å². The molecule has 23 heavy (non-hydrogen) atoms. The molecule has 0 unspecified atom stereocenters. The van der Waals surface area contributed by atoms with E-state index in [0.717, 1.165) is 18.4 Å². The smallest absolute Gasteiger partial charge is 0.258 e. The third-order valence-corrected chi connectivity index (χ3v) is 5.34. The maximum absolute atomic E-state index is 12.0. The van der Waals surface area contributed by atoms with Crippen LogP contribution in [0.3, 0.4) is 0 Å². The van der Waals surface area contributed by atoms with Crippen LogP contribution in [-0.2, 0) is 14.8 Å². The van der Waals surface area contributed by atoms with Gasteiger partial charge in [-0.05, 0) is 49.9 Å². The summed E-state index contributed by atoms with van der Waals surface area (Å²) in [5.41, 5.74) is 2.28. The molecule has 0 saturated carbocycles. The molecule has 1 fully saturated rings. The average molecular weight is 340 g/mol. The number of piperidine rings is 1. The normalized spacial score (nSPS) is 19.3. The summed E-state index contributed by atoms with van der Waals surface area (Å²) >= 11 is 0. The Morgan fingerprint density at radius 3 is 2.74 bits per heavy atom. The molecule has 1 atom stereocenters. The van der Waals surface area contributed by atoms with Gasteiger partial charge in [0.15, 0.2) is 6.61 Å². The van der Waals surface area contributed by atoms with Gasteiger partial charge in [0.1, 0.15) is 5.75 Å². The van der Waals surface area contributed by atoms with Crippen LogP contribution in [0.1, 0.15) is 24.0 Å². The summed E-state index contributed by atoms with van der Waals surface area (Å²) in [4.78, 5) is 12.0. The lowest BCUT2D eigenvalue weighted by Gasteiger charge is -2.31. The second-order valence-corrected chi connectivity index (χ2v) is 8.04. The molecule has 1 aromatic rings. The number of carbonyl (C=O) groups excluding carboxylic acids is 1. The first-order valence-corrected chi connectivity index (χ1v) is 9.55. The zero-order valence-corrected chi connectivity index (χ0v) is 14.6. The van der Waals surface area contributed by atoms with Crippen molar-refractivity contribution in [2.24, 2.45) is 0 Å². The number of ether oxygens (including phenoxy) is 1. The molecule has 0 radical (unpaired) electrons. The van der Waals surface area contributed by atoms with Crippen molar-refractivity contribution in [3.63, 3.8) is 0 Å². The van der Waals surface area contributed by atoms with Crippen molar-refractivity contribution in [1.29, 1.82) is 0 Å². The zero-order chi connectivity index (χ0) is 17.0. The molecule has 0 aromatic heterocycles. The minimum absolute atomic E-state index is 0.0716. The standard InChI is InChI=1S/C16H24N2O4S/c1-12-6-7-15(9-13(12)2)22-11-16(19)17-14-5-4-8-18(10-14)23(3,20)21/h6-7,9,14H,4-5,8,10-11H2,1-3H3,(H,17,19)/t14-/m0/s1. The SMILES string of the molecule is Cc1ccc(OCC(=O)N[C@H]2CCCN(S(C)(=O)=O)C2)cc1C. The summed E-state index contributed by atoms with van der Waals surface area (Å²) in [6, 6.07) is 5.53. The third kappa shape index (κ3) is 5.21. The van der Waals surface area contributed by atoms with E-state index in [2.05, 4.69) is 5.32 Å². The van der Waals surface area contributed by atoms with Crippen molar-refractivity contribution in [3.05, 3.63) is 29.3 Å². The van der Waals surface area contributed by atoms with Gasteiger partial charge in [-0.25, -0.2) is 12.7 Å². The van der Waals surface area contributed by atoms with Crippen LogP contribution in [0.15, 0.2) is 18.2 Å². The highest BCUT2D eigenvalue weighted by atomic mass is 32.2. The van der Waals surface area contributed by atoms with Crippen molar-refractivity contribution < 1.29 is 17.9 Å². The molecule has 2 rings (SSSR count). The lowest BCUT2D eigenvalue weighted by atomic mass is 10.1. The van der Waals surface area contributed by atoms with Crippen molar-refractivity contribution in [3.8, 4) is 5.75 Å². The maximum Gasteiger partial charge on any atom is 0.258 e. The number of nitrogens with one attached hydrogen (secondary N) is 1. The number of hydrogen-bond acceptors (Lipinski definition) is 4. The molecule has 128 valence electrons. The Bertz CT molecular complexity index is 673. The molecule has 0 aliphatic carbocycles. The minimum Gasteiger partial charge on any atom is -0.484 e. The van der Waals surface area contributed by atoms with Gasteiger partial charge in [0, 0.05) is 19.1 Å². The minimum atomic E-state index is -3.21. The first kappa shape index (κ1) is 17.7. The van der Waals surface area contributed by atoms with Gasteiger partial charge in [-0.2, -0.15) is 0 Å². The molecule has 0 bridgehead atoms. The van der Waals surface area contributed by atoms with E-state index < -0.39 is 10.0 Å². The van der Waals surface area contributed by atoms with Gasteiger partial charge in [0.05, 0.1) is 6.26 Å². The molecule has 1 aromatic carbocycles. The molecule has 1 saturated heterocycles. The van der Waals surface area contributed by atoms with Crippen molar-refractivity contribution >= 4 is 15.9 Å². The Hall–Kier alpha value is -1.60. The Balaban J connectivity index is 1.83. The average Bonchev–Trinajstić information content (AvgIpc) is 2.48. The third-order valence-electron chi connectivity index (χ3n) is 4.07. The topological polar surface area (TPSA) is 75.7 Å². The fourth-order valence-corrected chi connectivity index (χ4v) is 3.49. The van der Waals surface area contributed by atoms with E-state index >= 15 is 0 Å². The molecular formula is C16H24N2O4S. The van der Waals surface area contributed by atoms with Gasteiger partial charge >= 0.3 is 0 Å². The summed E-state index contributed by atoms with van der Waals surface area (Å²) in [5, 5.41) is 2.85. The second kappa shape index (κ2) is 7.31. The highest BCUT2D eigenvalue weighted by Gasteiger charge is 2.26. The lowest BCUT2D eigenvalue weighted by molar-refractivity contribution is -0.124. The molecule has 1 aliphatic heterocycles. The highest BCUT2D eigenvalue weighted by molar-refractivity contribution is 7.88. The largest absolute Gasteiger partial charge is 0.484 e. The number of carbonyl (C=O) groups is 1. The van der Waals surface area contributed by atoms with Crippen molar-refractivity contribution in [2.45, 2.75) is 32.7 Å². The van der Waals surface area contributed by atoms with Crippen LogP contribution in [-0.4, -0.2) is 50.6 Å². The number of rotatable bonds is 5. The number of hydrogen-bond donors (Lipinski definition) is 1. The predicted octanol–water partition coefficient (Wildman–Crippen LogP) is 1.22. The van der Waals surface area contributed by atoms with Crippen LogP contribution >= 0.6 is 0 Å². The quantitative estimate of drug-likeness (QED) is 0.874. The van der Waals surface area contributed by atoms with E-state index in [1.807, 2.05) is 32.0 Å². The molecule has 1 heterocycles. The van der Waals surface area contributed by atoms with Crippen molar-refractivity contribution in [1.82, 2.24) is 9.62 Å². The molecule has 7 heteroatoms. The summed E-state index contributed by atoms with van der Waals surface area (Å²) in [7, 11) is -3.21. The van der Waals surface area contributed by atoms with E-state index in [1.165, 1.54) is 16.1 Å². The summed E-state index contributed by atoms with van der Waals surface area (Å²) < 4.78 is 30.1. The first-order chi connectivity index (χ1) is 10.8. The summed E-state index contributed by atoms with van der Waals surface area (Å²) in [6.45, 7) is 4.78. The molecule has 1 N–H and O–H groups in total.